The van der Waals surface area contributed by atoms with Gasteiger partial charge in [0.1, 0.15) is 11.9 Å². The Morgan fingerprint density at radius 1 is 1.13 bits per heavy atom. The summed E-state index contributed by atoms with van der Waals surface area (Å²) in [5, 5.41) is 16.1. The molecular weight excluding hydrogens is 506 g/mol. The lowest BCUT2D eigenvalue weighted by molar-refractivity contribution is -0.134. The van der Waals surface area contributed by atoms with Crippen LogP contribution in [0.5, 0.6) is 11.6 Å². The summed E-state index contributed by atoms with van der Waals surface area (Å²) in [5.74, 6) is 1.88. The zero-order valence-electron chi connectivity index (χ0n) is 23.4. The normalized spacial score (nSPS) is 20.6. The standard InChI is InChI=1S/C23H30ClN3O2.C4H10O.C2H4O2/c1-16-8-10-26(14-16)18-4-6-19(7-5-18)29-22-9-11-27(15-17(22)2)21-12-23(28-3)25-13-20(21)24;1-2-3-4-5;1-2(3)4/h4-7,12-13,16-17,22H,8-11,14-15H2,1-3H3;5H,2-4H2,1H3;1H3,(H,3,4). The summed E-state index contributed by atoms with van der Waals surface area (Å²) in [5.41, 5.74) is 2.28. The van der Waals surface area contributed by atoms with Crippen LogP contribution in [-0.4, -0.2) is 67.2 Å². The number of hydrogen-bond acceptors (Lipinski definition) is 7. The molecule has 0 amide bonds. The van der Waals surface area contributed by atoms with Crippen molar-refractivity contribution in [1.82, 2.24) is 4.98 Å². The summed E-state index contributed by atoms with van der Waals surface area (Å²) in [4.78, 5) is 17.9. The van der Waals surface area contributed by atoms with E-state index in [4.69, 9.17) is 36.1 Å². The van der Waals surface area contributed by atoms with E-state index in [-0.39, 0.29) is 6.10 Å². The Morgan fingerprint density at radius 3 is 2.29 bits per heavy atom. The predicted molar refractivity (Wildman–Crippen MR) is 154 cm³/mol. The SMILES string of the molecule is CC(=O)O.CCCCO.COc1cc(N2CCC(Oc3ccc(N4CCC(C)C4)cc3)C(C)C2)c(Cl)cn1. The molecule has 8 nitrogen and oxygen atoms in total. The van der Waals surface area contributed by atoms with Crippen molar-refractivity contribution in [3.8, 4) is 11.6 Å². The van der Waals surface area contributed by atoms with Gasteiger partial charge in [0.15, 0.2) is 0 Å². The Bertz CT molecular complexity index is 969. The van der Waals surface area contributed by atoms with Gasteiger partial charge in [0.2, 0.25) is 5.88 Å². The first-order chi connectivity index (χ1) is 18.2. The minimum absolute atomic E-state index is 0.200. The first kappa shape index (κ1) is 31.5. The van der Waals surface area contributed by atoms with E-state index in [9.17, 15) is 0 Å². The molecule has 3 atom stereocenters. The molecule has 9 heteroatoms. The number of carboxylic acids is 1. The molecule has 0 radical (unpaired) electrons. The van der Waals surface area contributed by atoms with Gasteiger partial charge in [-0.2, -0.15) is 0 Å². The number of aliphatic hydroxyl groups excluding tert-OH is 1. The average molecular weight is 550 g/mol. The van der Waals surface area contributed by atoms with Crippen LogP contribution in [0.4, 0.5) is 11.4 Å². The van der Waals surface area contributed by atoms with Crippen molar-refractivity contribution in [3.63, 3.8) is 0 Å². The lowest BCUT2D eigenvalue weighted by atomic mass is 9.96. The van der Waals surface area contributed by atoms with Crippen molar-refractivity contribution in [2.75, 3.05) is 49.7 Å². The molecule has 2 saturated heterocycles. The van der Waals surface area contributed by atoms with Crippen LogP contribution in [0.15, 0.2) is 36.5 Å². The fraction of sp³-hybridized carbons (Fsp3) is 0.586. The number of unbranched alkanes of at least 4 members (excludes halogenated alkanes) is 1. The Kier molecular flexibility index (Phi) is 13.5. The molecule has 0 bridgehead atoms. The number of carboxylic acid groups (broad SMARTS) is 1. The van der Waals surface area contributed by atoms with E-state index in [0.717, 1.165) is 69.7 Å². The highest BCUT2D eigenvalue weighted by Gasteiger charge is 2.29. The number of carbonyl (C=O) groups is 1. The van der Waals surface area contributed by atoms with Gasteiger partial charge in [-0.1, -0.05) is 38.8 Å². The van der Waals surface area contributed by atoms with Crippen molar-refractivity contribution in [2.45, 2.75) is 59.5 Å². The number of rotatable bonds is 7. The molecule has 0 spiro atoms. The highest BCUT2D eigenvalue weighted by atomic mass is 35.5. The maximum atomic E-state index is 9.00. The zero-order chi connectivity index (χ0) is 28.1. The Labute approximate surface area is 232 Å². The monoisotopic (exact) mass is 549 g/mol. The number of aliphatic hydroxyl groups is 1. The lowest BCUT2D eigenvalue weighted by Crippen LogP contribution is -2.44. The van der Waals surface area contributed by atoms with E-state index in [1.165, 1.54) is 12.1 Å². The molecule has 2 aliphatic heterocycles. The van der Waals surface area contributed by atoms with Crippen molar-refractivity contribution < 1.29 is 24.5 Å². The van der Waals surface area contributed by atoms with Crippen LogP contribution in [0, 0.1) is 11.8 Å². The number of benzene rings is 1. The molecule has 1 aromatic carbocycles. The molecular formula is C29H44ClN3O5. The molecule has 2 N–H and O–H groups in total. The summed E-state index contributed by atoms with van der Waals surface area (Å²) in [7, 11) is 1.62. The largest absolute Gasteiger partial charge is 0.490 e. The second-order valence-electron chi connectivity index (χ2n) is 9.98. The van der Waals surface area contributed by atoms with E-state index in [1.807, 2.05) is 6.07 Å². The first-order valence-corrected chi connectivity index (χ1v) is 13.8. The highest BCUT2D eigenvalue weighted by Crippen LogP contribution is 2.33. The maximum Gasteiger partial charge on any atom is 0.300 e. The van der Waals surface area contributed by atoms with Gasteiger partial charge in [-0.05, 0) is 43.0 Å². The third kappa shape index (κ3) is 10.2. The molecule has 2 aromatic rings. The zero-order valence-corrected chi connectivity index (χ0v) is 24.2. The van der Waals surface area contributed by atoms with Gasteiger partial charge in [0, 0.05) is 63.8 Å². The molecule has 0 aliphatic carbocycles. The van der Waals surface area contributed by atoms with Crippen LogP contribution < -0.4 is 19.3 Å². The van der Waals surface area contributed by atoms with Crippen LogP contribution in [0.1, 0.15) is 53.4 Å². The average Bonchev–Trinajstić information content (AvgIpc) is 3.33. The number of aromatic nitrogens is 1. The minimum atomic E-state index is -0.833. The topological polar surface area (TPSA) is 95.4 Å². The Balaban J connectivity index is 0.000000489. The molecule has 3 unspecified atom stereocenters. The van der Waals surface area contributed by atoms with Crippen LogP contribution in [0.3, 0.4) is 0 Å². The number of piperidine rings is 1. The van der Waals surface area contributed by atoms with Crippen molar-refractivity contribution in [1.29, 1.82) is 0 Å². The molecule has 3 heterocycles. The number of aliphatic carboxylic acids is 1. The molecule has 0 saturated carbocycles. The number of pyridine rings is 1. The number of anilines is 2. The number of ether oxygens (including phenoxy) is 2. The van der Waals surface area contributed by atoms with Crippen LogP contribution in [0.2, 0.25) is 5.02 Å². The molecule has 4 rings (SSSR count). The Morgan fingerprint density at radius 2 is 1.79 bits per heavy atom. The van der Waals surface area contributed by atoms with E-state index in [1.54, 1.807) is 13.3 Å². The second kappa shape index (κ2) is 16.3. The van der Waals surface area contributed by atoms with Crippen LogP contribution >= 0.6 is 11.6 Å². The predicted octanol–water partition coefficient (Wildman–Crippen LogP) is 5.75. The van der Waals surface area contributed by atoms with Crippen LogP contribution in [0.25, 0.3) is 0 Å². The quantitative estimate of drug-likeness (QED) is 0.450. The summed E-state index contributed by atoms with van der Waals surface area (Å²) >= 11 is 6.38. The van der Waals surface area contributed by atoms with E-state index >= 15 is 0 Å². The summed E-state index contributed by atoms with van der Waals surface area (Å²) < 4.78 is 11.6. The molecule has 2 aliphatic rings. The van der Waals surface area contributed by atoms with Crippen molar-refractivity contribution >= 4 is 28.9 Å². The molecule has 212 valence electrons. The fourth-order valence-electron chi connectivity index (χ4n) is 4.52. The van der Waals surface area contributed by atoms with Gasteiger partial charge in [-0.15, -0.1) is 0 Å². The van der Waals surface area contributed by atoms with Gasteiger partial charge in [-0.3, -0.25) is 4.79 Å². The van der Waals surface area contributed by atoms with Gasteiger partial charge in [0.25, 0.3) is 5.97 Å². The fourth-order valence-corrected chi connectivity index (χ4v) is 4.74. The number of hydrogen-bond donors (Lipinski definition) is 2. The summed E-state index contributed by atoms with van der Waals surface area (Å²) in [6, 6.07) is 10.5. The third-order valence-electron chi connectivity index (χ3n) is 6.61. The lowest BCUT2D eigenvalue weighted by Gasteiger charge is -2.38. The van der Waals surface area contributed by atoms with Gasteiger partial charge >= 0.3 is 0 Å². The smallest absolute Gasteiger partial charge is 0.300 e. The Hall–Kier alpha value is -2.71. The highest BCUT2D eigenvalue weighted by molar-refractivity contribution is 6.33. The second-order valence-corrected chi connectivity index (χ2v) is 10.4. The molecule has 38 heavy (non-hydrogen) atoms. The summed E-state index contributed by atoms with van der Waals surface area (Å²) in [6.07, 6.45) is 6.13. The molecule has 2 fully saturated rings. The third-order valence-corrected chi connectivity index (χ3v) is 6.90. The summed E-state index contributed by atoms with van der Waals surface area (Å²) in [6.45, 7) is 12.1. The maximum absolute atomic E-state index is 9.00. The van der Waals surface area contributed by atoms with Gasteiger partial charge in [-0.25, -0.2) is 4.98 Å². The van der Waals surface area contributed by atoms with E-state index in [0.29, 0.717) is 23.4 Å². The van der Waals surface area contributed by atoms with Gasteiger partial charge < -0.3 is 29.5 Å². The van der Waals surface area contributed by atoms with Crippen LogP contribution in [-0.2, 0) is 4.79 Å². The van der Waals surface area contributed by atoms with E-state index < -0.39 is 5.97 Å². The first-order valence-electron chi connectivity index (χ1n) is 13.4. The van der Waals surface area contributed by atoms with Gasteiger partial charge in [0.05, 0.1) is 24.0 Å². The van der Waals surface area contributed by atoms with E-state index in [2.05, 4.69) is 59.8 Å². The number of nitrogens with zero attached hydrogens (tertiary/aromatic N) is 3. The molecule has 1 aromatic heterocycles. The number of halogens is 1. The minimum Gasteiger partial charge on any atom is -0.490 e. The number of methoxy groups -OCH3 is 1. The van der Waals surface area contributed by atoms with Crippen molar-refractivity contribution in [2.24, 2.45) is 11.8 Å². The van der Waals surface area contributed by atoms with Crippen molar-refractivity contribution in [3.05, 3.63) is 41.6 Å².